The van der Waals surface area contributed by atoms with Crippen LogP contribution >= 0.6 is 0 Å². The summed E-state index contributed by atoms with van der Waals surface area (Å²) < 4.78 is 0. The molecule has 16 heavy (non-hydrogen) atoms. The van der Waals surface area contributed by atoms with E-state index in [2.05, 4.69) is 17.6 Å². The quantitative estimate of drug-likeness (QED) is 0.623. The van der Waals surface area contributed by atoms with E-state index in [1.54, 1.807) is 0 Å². The Morgan fingerprint density at radius 3 is 2.69 bits per heavy atom. The second kappa shape index (κ2) is 8.57. The van der Waals surface area contributed by atoms with Gasteiger partial charge < -0.3 is 10.6 Å². The highest BCUT2D eigenvalue weighted by Crippen LogP contribution is 2.07. The maximum absolute atomic E-state index is 11.5. The predicted octanol–water partition coefficient (Wildman–Crippen LogP) is 2.22. The molecular formula is C13H26N2O. The molecule has 1 fully saturated rings. The van der Waals surface area contributed by atoms with E-state index in [0.717, 1.165) is 25.9 Å². The molecule has 3 heteroatoms. The van der Waals surface area contributed by atoms with Gasteiger partial charge in [0.15, 0.2) is 0 Å². The lowest BCUT2D eigenvalue weighted by molar-refractivity contribution is -0.121. The first-order valence-corrected chi connectivity index (χ1v) is 6.83. The maximum Gasteiger partial charge on any atom is 0.220 e. The van der Waals surface area contributed by atoms with Crippen molar-refractivity contribution in [1.29, 1.82) is 0 Å². The van der Waals surface area contributed by atoms with Crippen LogP contribution in [0.5, 0.6) is 0 Å². The van der Waals surface area contributed by atoms with Crippen LogP contribution in [0.1, 0.15) is 58.3 Å². The van der Waals surface area contributed by atoms with Crippen molar-refractivity contribution in [3.8, 4) is 0 Å². The molecule has 2 N–H and O–H groups in total. The maximum atomic E-state index is 11.5. The Kier molecular flexibility index (Phi) is 7.23. The molecule has 0 aliphatic carbocycles. The summed E-state index contributed by atoms with van der Waals surface area (Å²) >= 11 is 0. The summed E-state index contributed by atoms with van der Waals surface area (Å²) in [6.45, 7) is 4.22. The van der Waals surface area contributed by atoms with Crippen molar-refractivity contribution in [2.45, 2.75) is 64.3 Å². The summed E-state index contributed by atoms with van der Waals surface area (Å²) in [7, 11) is 0. The molecule has 0 bridgehead atoms. The molecule has 0 radical (unpaired) electrons. The standard InChI is InChI=1S/C13H26N2O/c1-2-3-4-5-6-7-8-13(16)15-12-9-10-14-11-12/h12,14H,2-11H2,1H3,(H,15,16). The number of nitrogens with one attached hydrogen (secondary N) is 2. The molecule has 94 valence electrons. The molecule has 0 saturated carbocycles. The van der Waals surface area contributed by atoms with E-state index in [1.807, 2.05) is 0 Å². The zero-order valence-electron chi connectivity index (χ0n) is 10.6. The number of rotatable bonds is 8. The van der Waals surface area contributed by atoms with E-state index < -0.39 is 0 Å². The molecule has 0 aromatic heterocycles. The summed E-state index contributed by atoms with van der Waals surface area (Å²) in [6.07, 6.45) is 9.28. The molecule has 0 aromatic carbocycles. The summed E-state index contributed by atoms with van der Waals surface area (Å²) in [5, 5.41) is 6.33. The number of hydrogen-bond donors (Lipinski definition) is 2. The zero-order chi connectivity index (χ0) is 11.6. The van der Waals surface area contributed by atoms with Gasteiger partial charge in [-0.2, -0.15) is 0 Å². The summed E-state index contributed by atoms with van der Waals surface area (Å²) in [4.78, 5) is 11.5. The molecule has 1 amide bonds. The highest BCUT2D eigenvalue weighted by Gasteiger charge is 2.15. The monoisotopic (exact) mass is 226 g/mol. The van der Waals surface area contributed by atoms with Crippen LogP contribution in [0.2, 0.25) is 0 Å². The Bertz CT molecular complexity index is 188. The van der Waals surface area contributed by atoms with E-state index in [9.17, 15) is 4.79 Å². The zero-order valence-corrected chi connectivity index (χ0v) is 10.6. The Morgan fingerprint density at radius 1 is 1.25 bits per heavy atom. The van der Waals surface area contributed by atoms with Crippen molar-refractivity contribution in [3.05, 3.63) is 0 Å². The number of unbranched alkanes of at least 4 members (excludes halogenated alkanes) is 5. The van der Waals surface area contributed by atoms with Crippen molar-refractivity contribution in [2.24, 2.45) is 0 Å². The third kappa shape index (κ3) is 6.11. The Morgan fingerprint density at radius 2 is 2.00 bits per heavy atom. The van der Waals surface area contributed by atoms with Gasteiger partial charge in [-0.05, 0) is 19.4 Å². The molecule has 0 spiro atoms. The summed E-state index contributed by atoms with van der Waals surface area (Å²) in [5.74, 6) is 0.240. The molecule has 1 atom stereocenters. The number of hydrogen-bond acceptors (Lipinski definition) is 2. The molecule has 1 rings (SSSR count). The first-order valence-electron chi connectivity index (χ1n) is 6.83. The lowest BCUT2D eigenvalue weighted by Gasteiger charge is -2.10. The van der Waals surface area contributed by atoms with Crippen LogP contribution in [0, 0.1) is 0 Å². The van der Waals surface area contributed by atoms with Gasteiger partial charge in [0.25, 0.3) is 0 Å². The minimum atomic E-state index is 0.240. The van der Waals surface area contributed by atoms with Crippen LogP contribution in [-0.4, -0.2) is 25.0 Å². The second-order valence-corrected chi connectivity index (χ2v) is 4.78. The largest absolute Gasteiger partial charge is 0.352 e. The topological polar surface area (TPSA) is 41.1 Å². The highest BCUT2D eigenvalue weighted by molar-refractivity contribution is 5.76. The van der Waals surface area contributed by atoms with Gasteiger partial charge in [-0.25, -0.2) is 0 Å². The second-order valence-electron chi connectivity index (χ2n) is 4.78. The molecule has 1 unspecified atom stereocenters. The molecule has 1 saturated heterocycles. The van der Waals surface area contributed by atoms with E-state index >= 15 is 0 Å². The van der Waals surface area contributed by atoms with Gasteiger partial charge in [0.2, 0.25) is 5.91 Å². The van der Waals surface area contributed by atoms with Crippen LogP contribution in [-0.2, 0) is 4.79 Å². The highest BCUT2D eigenvalue weighted by atomic mass is 16.1. The molecule has 3 nitrogen and oxygen atoms in total. The van der Waals surface area contributed by atoms with E-state index in [4.69, 9.17) is 0 Å². The molecule has 0 aromatic rings. The first-order chi connectivity index (χ1) is 7.83. The minimum Gasteiger partial charge on any atom is -0.352 e. The number of carbonyl (C=O) groups is 1. The average molecular weight is 226 g/mol. The normalized spacial score (nSPS) is 19.9. The lowest BCUT2D eigenvalue weighted by Crippen LogP contribution is -2.35. The molecule has 1 aliphatic heterocycles. The van der Waals surface area contributed by atoms with Gasteiger partial charge in [0.1, 0.15) is 0 Å². The van der Waals surface area contributed by atoms with Crippen molar-refractivity contribution >= 4 is 5.91 Å². The van der Waals surface area contributed by atoms with Crippen LogP contribution in [0.4, 0.5) is 0 Å². The minimum absolute atomic E-state index is 0.240. The van der Waals surface area contributed by atoms with Gasteiger partial charge in [-0.1, -0.05) is 39.0 Å². The fourth-order valence-electron chi connectivity index (χ4n) is 2.14. The van der Waals surface area contributed by atoms with Gasteiger partial charge in [0, 0.05) is 19.0 Å². The molecular weight excluding hydrogens is 200 g/mol. The van der Waals surface area contributed by atoms with Crippen molar-refractivity contribution in [3.63, 3.8) is 0 Å². The fourth-order valence-corrected chi connectivity index (χ4v) is 2.14. The van der Waals surface area contributed by atoms with Gasteiger partial charge in [0.05, 0.1) is 0 Å². The van der Waals surface area contributed by atoms with E-state index in [-0.39, 0.29) is 5.91 Å². The Labute approximate surface area is 99.4 Å². The summed E-state index contributed by atoms with van der Waals surface area (Å²) in [6, 6.07) is 0.382. The Balaban J connectivity index is 1.89. The van der Waals surface area contributed by atoms with Crippen LogP contribution < -0.4 is 10.6 Å². The van der Waals surface area contributed by atoms with Crippen LogP contribution in [0.3, 0.4) is 0 Å². The van der Waals surface area contributed by atoms with Crippen molar-refractivity contribution in [2.75, 3.05) is 13.1 Å². The van der Waals surface area contributed by atoms with Gasteiger partial charge >= 0.3 is 0 Å². The number of carbonyl (C=O) groups excluding carboxylic acids is 1. The number of amides is 1. The average Bonchev–Trinajstić information content (AvgIpc) is 2.76. The predicted molar refractivity (Wildman–Crippen MR) is 67.4 cm³/mol. The van der Waals surface area contributed by atoms with Crippen molar-refractivity contribution < 1.29 is 4.79 Å². The van der Waals surface area contributed by atoms with Gasteiger partial charge in [-0.3, -0.25) is 4.79 Å². The molecule has 1 heterocycles. The fraction of sp³-hybridized carbons (Fsp3) is 0.923. The summed E-state index contributed by atoms with van der Waals surface area (Å²) in [5.41, 5.74) is 0. The third-order valence-electron chi connectivity index (χ3n) is 3.18. The van der Waals surface area contributed by atoms with E-state index in [0.29, 0.717) is 12.5 Å². The molecule has 1 aliphatic rings. The smallest absolute Gasteiger partial charge is 0.220 e. The Hall–Kier alpha value is -0.570. The van der Waals surface area contributed by atoms with Crippen molar-refractivity contribution in [1.82, 2.24) is 10.6 Å². The SMILES string of the molecule is CCCCCCCCC(=O)NC1CCNC1. The van der Waals surface area contributed by atoms with Crippen LogP contribution in [0.15, 0.2) is 0 Å². The van der Waals surface area contributed by atoms with E-state index in [1.165, 1.54) is 32.1 Å². The lowest BCUT2D eigenvalue weighted by atomic mass is 10.1. The first kappa shape index (κ1) is 13.5. The van der Waals surface area contributed by atoms with Crippen LogP contribution in [0.25, 0.3) is 0 Å². The van der Waals surface area contributed by atoms with Gasteiger partial charge in [-0.15, -0.1) is 0 Å². The third-order valence-corrected chi connectivity index (χ3v) is 3.18.